The number of ether oxygens (including phenoxy) is 1. The number of fused-ring (bicyclic) bond motifs is 3. The smallest absolute Gasteiger partial charge is 0.163 e. The van der Waals surface area contributed by atoms with Gasteiger partial charge in [-0.25, -0.2) is 9.98 Å². The zero-order valence-corrected chi connectivity index (χ0v) is 11.9. The van der Waals surface area contributed by atoms with Gasteiger partial charge in [0.15, 0.2) is 5.82 Å². The number of nitrogens with one attached hydrogen (secondary N) is 2. The van der Waals surface area contributed by atoms with E-state index < -0.39 is 0 Å². The van der Waals surface area contributed by atoms with E-state index in [9.17, 15) is 0 Å². The summed E-state index contributed by atoms with van der Waals surface area (Å²) in [5.74, 6) is 2.06. The highest BCUT2D eigenvalue weighted by atomic mass is 16.5. The molecule has 6 nitrogen and oxygen atoms in total. The molecule has 0 aliphatic carbocycles. The molecule has 3 aromatic rings. The number of nitrogens with zero attached hydrogens (tertiary/aromatic N) is 3. The molecule has 0 radical (unpaired) electrons. The molecule has 1 aromatic carbocycles. The largest absolute Gasteiger partial charge is 0.496 e. The van der Waals surface area contributed by atoms with Gasteiger partial charge in [0.05, 0.1) is 30.3 Å². The Kier molecular flexibility index (Phi) is 2.86. The van der Waals surface area contributed by atoms with E-state index in [2.05, 4.69) is 25.5 Å². The van der Waals surface area contributed by atoms with Crippen molar-refractivity contribution in [2.24, 2.45) is 4.99 Å². The summed E-state index contributed by atoms with van der Waals surface area (Å²) in [6, 6.07) is 11.6. The number of aromatic amines is 1. The van der Waals surface area contributed by atoms with Crippen LogP contribution < -0.4 is 10.1 Å². The molecule has 0 saturated heterocycles. The fourth-order valence-electron chi connectivity index (χ4n) is 2.50. The van der Waals surface area contributed by atoms with Crippen molar-refractivity contribution in [1.29, 1.82) is 0 Å². The Morgan fingerprint density at radius 1 is 1.05 bits per heavy atom. The molecule has 3 heterocycles. The number of anilines is 1. The Balaban J connectivity index is 1.94. The van der Waals surface area contributed by atoms with Gasteiger partial charge in [-0.15, -0.1) is 0 Å². The third kappa shape index (κ3) is 1.93. The average Bonchev–Trinajstić information content (AvgIpc) is 2.97. The van der Waals surface area contributed by atoms with Crippen LogP contribution >= 0.6 is 0 Å². The second kappa shape index (κ2) is 5.00. The Labute approximate surface area is 126 Å². The first kappa shape index (κ1) is 12.6. The molecule has 0 unspecified atom stereocenters. The van der Waals surface area contributed by atoms with Crippen molar-refractivity contribution >= 4 is 17.3 Å². The maximum absolute atomic E-state index is 5.43. The minimum atomic E-state index is 0.638. The number of benzene rings is 1. The number of rotatable bonds is 2. The van der Waals surface area contributed by atoms with Gasteiger partial charge >= 0.3 is 0 Å². The third-order valence-corrected chi connectivity index (χ3v) is 3.53. The molecule has 2 aromatic heterocycles. The fraction of sp³-hybridized carbons (Fsp3) is 0.0625. The van der Waals surface area contributed by atoms with Gasteiger partial charge in [-0.1, -0.05) is 12.1 Å². The Morgan fingerprint density at radius 2 is 1.91 bits per heavy atom. The van der Waals surface area contributed by atoms with Crippen molar-refractivity contribution in [1.82, 2.24) is 15.2 Å². The quantitative estimate of drug-likeness (QED) is 0.761. The number of hydrogen-bond acceptors (Lipinski definition) is 5. The number of pyridine rings is 1. The molecular weight excluding hydrogens is 278 g/mol. The summed E-state index contributed by atoms with van der Waals surface area (Å²) in [6.07, 6.45) is 3.46. The molecule has 6 heteroatoms. The molecule has 0 saturated carbocycles. The Hall–Kier alpha value is -3.15. The summed E-state index contributed by atoms with van der Waals surface area (Å²) in [5, 5.41) is 10.4. The van der Waals surface area contributed by atoms with Crippen molar-refractivity contribution in [3.63, 3.8) is 0 Å². The van der Waals surface area contributed by atoms with Gasteiger partial charge in [0.2, 0.25) is 0 Å². The second-order valence-corrected chi connectivity index (χ2v) is 4.82. The van der Waals surface area contributed by atoms with Crippen LogP contribution in [0.25, 0.3) is 11.3 Å². The summed E-state index contributed by atoms with van der Waals surface area (Å²) in [4.78, 5) is 9.04. The zero-order valence-electron chi connectivity index (χ0n) is 11.9. The second-order valence-electron chi connectivity index (χ2n) is 4.82. The topological polar surface area (TPSA) is 75.2 Å². The minimum Gasteiger partial charge on any atom is -0.496 e. The highest BCUT2D eigenvalue weighted by molar-refractivity contribution is 6.13. The summed E-state index contributed by atoms with van der Waals surface area (Å²) >= 11 is 0. The molecular formula is C16H13N5O. The number of hydrogen-bond donors (Lipinski definition) is 2. The SMILES string of the molecule is COc1ccccc1C1=Nc2ncccc2-c2[nH]ncc2N1. The van der Waals surface area contributed by atoms with Gasteiger partial charge in [0, 0.05) is 11.8 Å². The molecule has 4 rings (SSSR count). The van der Waals surface area contributed by atoms with Crippen LogP contribution in [0.2, 0.25) is 0 Å². The van der Waals surface area contributed by atoms with Crippen LogP contribution in [0.15, 0.2) is 53.8 Å². The van der Waals surface area contributed by atoms with Crippen molar-refractivity contribution in [3.8, 4) is 17.0 Å². The lowest BCUT2D eigenvalue weighted by atomic mass is 10.1. The first-order valence-electron chi connectivity index (χ1n) is 6.84. The van der Waals surface area contributed by atoms with E-state index in [1.807, 2.05) is 36.4 Å². The third-order valence-electron chi connectivity index (χ3n) is 3.53. The first-order valence-corrected chi connectivity index (χ1v) is 6.84. The van der Waals surface area contributed by atoms with Gasteiger partial charge in [-0.3, -0.25) is 5.10 Å². The standard InChI is InChI=1S/C16H13N5O/c1-22-13-7-3-2-5-10(13)16-19-12-9-18-21-14(12)11-6-4-8-17-15(11)20-16/h2-9H,1H3,(H,18,21)(H,17,19,20). The number of aliphatic imine (C=N–C) groups is 1. The fourth-order valence-corrected chi connectivity index (χ4v) is 2.50. The van der Waals surface area contributed by atoms with Gasteiger partial charge in [0.1, 0.15) is 11.6 Å². The van der Waals surface area contributed by atoms with Gasteiger partial charge in [0.25, 0.3) is 0 Å². The van der Waals surface area contributed by atoms with Crippen molar-refractivity contribution in [2.45, 2.75) is 0 Å². The molecule has 108 valence electrons. The van der Waals surface area contributed by atoms with E-state index in [-0.39, 0.29) is 0 Å². The lowest BCUT2D eigenvalue weighted by Gasteiger charge is -2.11. The van der Waals surface area contributed by atoms with E-state index in [1.165, 1.54) is 0 Å². The number of amidine groups is 1. The highest BCUT2D eigenvalue weighted by Gasteiger charge is 2.20. The van der Waals surface area contributed by atoms with Gasteiger partial charge in [-0.05, 0) is 24.3 Å². The monoisotopic (exact) mass is 291 g/mol. The maximum atomic E-state index is 5.43. The van der Waals surface area contributed by atoms with E-state index >= 15 is 0 Å². The van der Waals surface area contributed by atoms with Crippen molar-refractivity contribution in [3.05, 3.63) is 54.4 Å². The summed E-state index contributed by atoms with van der Waals surface area (Å²) in [7, 11) is 1.64. The molecule has 22 heavy (non-hydrogen) atoms. The van der Waals surface area contributed by atoms with Crippen molar-refractivity contribution < 1.29 is 4.74 Å². The van der Waals surface area contributed by atoms with Crippen LogP contribution in [0.3, 0.4) is 0 Å². The summed E-state index contributed by atoms with van der Waals surface area (Å²) < 4.78 is 5.43. The Bertz CT molecular complexity index is 868. The van der Waals surface area contributed by atoms with Crippen LogP contribution in [0, 0.1) is 0 Å². The summed E-state index contributed by atoms with van der Waals surface area (Å²) in [5.41, 5.74) is 3.51. The molecule has 0 fully saturated rings. The average molecular weight is 291 g/mol. The lowest BCUT2D eigenvalue weighted by Crippen LogP contribution is -2.13. The van der Waals surface area contributed by atoms with Crippen LogP contribution in [0.4, 0.5) is 11.5 Å². The molecule has 0 spiro atoms. The van der Waals surface area contributed by atoms with Crippen LogP contribution in [0.1, 0.15) is 5.56 Å². The van der Waals surface area contributed by atoms with Crippen molar-refractivity contribution in [2.75, 3.05) is 12.4 Å². The van der Waals surface area contributed by atoms with E-state index in [0.717, 1.165) is 28.3 Å². The summed E-state index contributed by atoms with van der Waals surface area (Å²) in [6.45, 7) is 0. The number of para-hydroxylation sites is 1. The normalized spacial score (nSPS) is 12.5. The van der Waals surface area contributed by atoms with E-state index in [1.54, 1.807) is 19.5 Å². The zero-order chi connectivity index (χ0) is 14.9. The molecule has 1 aliphatic rings. The molecule has 1 aliphatic heterocycles. The number of aromatic nitrogens is 3. The maximum Gasteiger partial charge on any atom is 0.163 e. The minimum absolute atomic E-state index is 0.638. The number of methoxy groups -OCH3 is 1. The van der Waals surface area contributed by atoms with Gasteiger partial charge < -0.3 is 10.1 Å². The van der Waals surface area contributed by atoms with Crippen LogP contribution in [-0.4, -0.2) is 28.1 Å². The highest BCUT2D eigenvalue weighted by Crippen LogP contribution is 2.35. The first-order chi connectivity index (χ1) is 10.9. The van der Waals surface area contributed by atoms with Crippen LogP contribution in [0.5, 0.6) is 5.75 Å². The number of H-pyrrole nitrogens is 1. The molecule has 0 amide bonds. The van der Waals surface area contributed by atoms with Crippen LogP contribution in [-0.2, 0) is 0 Å². The Morgan fingerprint density at radius 3 is 2.82 bits per heavy atom. The van der Waals surface area contributed by atoms with E-state index in [0.29, 0.717) is 11.7 Å². The molecule has 0 atom stereocenters. The predicted octanol–water partition coefficient (Wildman–Crippen LogP) is 2.98. The molecule has 0 bridgehead atoms. The van der Waals surface area contributed by atoms with E-state index in [4.69, 9.17) is 4.74 Å². The molecule has 2 N–H and O–H groups in total. The predicted molar refractivity (Wildman–Crippen MR) is 84.6 cm³/mol. The lowest BCUT2D eigenvalue weighted by molar-refractivity contribution is 0.414. The van der Waals surface area contributed by atoms with Gasteiger partial charge in [-0.2, -0.15) is 5.10 Å².